The van der Waals surface area contributed by atoms with E-state index in [-0.39, 0.29) is 22.7 Å². The molecule has 0 aliphatic heterocycles. The summed E-state index contributed by atoms with van der Waals surface area (Å²) in [6, 6.07) is 1.54. The first kappa shape index (κ1) is 27.3. The number of halogens is 10. The lowest BCUT2D eigenvalue weighted by Crippen LogP contribution is -2.46. The monoisotopic (exact) mass is 522 g/mol. The number of hydrogen-bond donors (Lipinski definition) is 3. The molecular weight excluding hydrogens is 507 g/mol. The Hall–Kier alpha value is -2.94. The zero-order valence-electron chi connectivity index (χ0n) is 17.0. The Morgan fingerprint density at radius 2 is 1.44 bits per heavy atom. The number of aromatic nitrogens is 1. The van der Waals surface area contributed by atoms with Crippen molar-refractivity contribution in [1.82, 2.24) is 20.7 Å². The van der Waals surface area contributed by atoms with Gasteiger partial charge in [0.15, 0.2) is 0 Å². The minimum atomic E-state index is -5.09. The lowest BCUT2D eigenvalue weighted by molar-refractivity contribution is -0.143. The number of hydrogen-bond acceptors (Lipinski definition) is 4. The molecule has 4 N–H and O–H groups in total. The van der Waals surface area contributed by atoms with Gasteiger partial charge in [0.25, 0.3) is 0 Å². The smallest absolute Gasteiger partial charge is 0.332 e. The van der Waals surface area contributed by atoms with Gasteiger partial charge >= 0.3 is 18.5 Å². The SMILES string of the molecule is CNNC(=NN)N(Cc1cc(C(F)(F)F)cc(C(F)(F)F)c1)Cc1cc(C(F)(F)F)cnc1Cl. The van der Waals surface area contributed by atoms with E-state index in [1.54, 1.807) is 0 Å². The fourth-order valence-electron chi connectivity index (χ4n) is 2.81. The van der Waals surface area contributed by atoms with E-state index in [0.717, 1.165) is 4.90 Å². The highest BCUT2D eigenvalue weighted by atomic mass is 35.5. The number of nitrogens with one attached hydrogen (secondary N) is 2. The van der Waals surface area contributed by atoms with Crippen molar-refractivity contribution in [3.05, 3.63) is 63.4 Å². The molecule has 34 heavy (non-hydrogen) atoms. The third kappa shape index (κ3) is 7.03. The average molecular weight is 523 g/mol. The molecule has 1 heterocycles. The minimum Gasteiger partial charge on any atom is -0.332 e. The predicted octanol–water partition coefficient (Wildman–Crippen LogP) is 4.75. The Labute approximate surface area is 191 Å². The standard InChI is InChI=1S/C18H16ClF9N6/c1-30-33-15(32-29)34(8-10-4-13(18(26,27)28)6-31-14(10)19)7-9-2-11(16(20,21)22)5-12(3-9)17(23,24)25/h2-6,30H,7-8,29H2,1H3,(H,32,33). The summed E-state index contributed by atoms with van der Waals surface area (Å²) in [5, 5.41) is 2.98. The van der Waals surface area contributed by atoms with Gasteiger partial charge in [0.1, 0.15) is 5.15 Å². The molecule has 0 atom stereocenters. The third-order valence-corrected chi connectivity index (χ3v) is 4.62. The van der Waals surface area contributed by atoms with Crippen molar-refractivity contribution in [2.45, 2.75) is 31.6 Å². The maximum absolute atomic E-state index is 13.2. The molecular formula is C18H16ClF9N6. The zero-order valence-corrected chi connectivity index (χ0v) is 17.8. The number of nitrogens with two attached hydrogens (primary N) is 1. The van der Waals surface area contributed by atoms with Crippen LogP contribution in [-0.2, 0) is 31.6 Å². The molecule has 1 aromatic heterocycles. The molecule has 0 amide bonds. The van der Waals surface area contributed by atoms with Crippen LogP contribution in [-0.4, -0.2) is 22.9 Å². The van der Waals surface area contributed by atoms with Crippen molar-refractivity contribution in [2.75, 3.05) is 7.05 Å². The van der Waals surface area contributed by atoms with Crippen molar-refractivity contribution in [1.29, 1.82) is 0 Å². The first-order valence-corrected chi connectivity index (χ1v) is 9.39. The average Bonchev–Trinajstić information content (AvgIpc) is 2.70. The van der Waals surface area contributed by atoms with Crippen LogP contribution in [0.2, 0.25) is 5.15 Å². The molecule has 16 heteroatoms. The van der Waals surface area contributed by atoms with Gasteiger partial charge in [-0.25, -0.2) is 10.4 Å². The van der Waals surface area contributed by atoms with E-state index in [9.17, 15) is 39.5 Å². The van der Waals surface area contributed by atoms with Crippen LogP contribution in [0.4, 0.5) is 39.5 Å². The molecule has 2 aromatic rings. The predicted molar refractivity (Wildman–Crippen MR) is 104 cm³/mol. The van der Waals surface area contributed by atoms with E-state index in [2.05, 4.69) is 20.9 Å². The summed E-state index contributed by atoms with van der Waals surface area (Å²) in [5.74, 6) is 4.94. The van der Waals surface area contributed by atoms with Crippen LogP contribution in [0.1, 0.15) is 27.8 Å². The maximum atomic E-state index is 13.2. The topological polar surface area (TPSA) is 78.6 Å². The van der Waals surface area contributed by atoms with E-state index in [0.29, 0.717) is 24.4 Å². The minimum absolute atomic E-state index is 0.0504. The van der Waals surface area contributed by atoms with Crippen LogP contribution in [0.15, 0.2) is 35.6 Å². The molecule has 6 nitrogen and oxygen atoms in total. The molecule has 0 saturated carbocycles. The number of rotatable bonds is 5. The largest absolute Gasteiger partial charge is 0.417 e. The Bertz CT molecular complexity index is 1000. The summed E-state index contributed by atoms with van der Waals surface area (Å²) in [5.41, 5.74) is -0.213. The van der Waals surface area contributed by atoms with E-state index in [1.807, 2.05) is 0 Å². The van der Waals surface area contributed by atoms with E-state index in [1.165, 1.54) is 7.05 Å². The molecule has 0 aliphatic carbocycles. The Morgan fingerprint density at radius 3 is 1.88 bits per heavy atom. The third-order valence-electron chi connectivity index (χ3n) is 4.28. The van der Waals surface area contributed by atoms with Gasteiger partial charge < -0.3 is 10.7 Å². The van der Waals surface area contributed by atoms with E-state index in [4.69, 9.17) is 17.4 Å². The lowest BCUT2D eigenvalue weighted by Gasteiger charge is -2.27. The van der Waals surface area contributed by atoms with Crippen molar-refractivity contribution < 1.29 is 39.5 Å². The van der Waals surface area contributed by atoms with E-state index >= 15 is 0 Å². The number of benzene rings is 1. The Kier molecular flexibility index (Phi) is 8.14. The highest BCUT2D eigenvalue weighted by Gasteiger charge is 2.37. The fraction of sp³-hybridized carbons (Fsp3) is 0.333. The number of hydrazine groups is 1. The van der Waals surface area contributed by atoms with Crippen molar-refractivity contribution in [2.24, 2.45) is 10.9 Å². The van der Waals surface area contributed by atoms with Gasteiger partial charge in [0.05, 0.1) is 16.7 Å². The zero-order chi connectivity index (χ0) is 25.9. The molecule has 188 valence electrons. The highest BCUT2D eigenvalue weighted by molar-refractivity contribution is 6.30. The number of hydrazone groups is 1. The molecule has 0 aliphatic rings. The Balaban J connectivity index is 2.56. The van der Waals surface area contributed by atoms with Crippen LogP contribution in [0.25, 0.3) is 0 Å². The lowest BCUT2D eigenvalue weighted by atomic mass is 10.0. The van der Waals surface area contributed by atoms with Crippen molar-refractivity contribution in [3.63, 3.8) is 0 Å². The number of guanidine groups is 1. The number of nitrogens with zero attached hydrogens (tertiary/aromatic N) is 3. The summed E-state index contributed by atoms with van der Waals surface area (Å²) >= 11 is 5.88. The van der Waals surface area contributed by atoms with Gasteiger partial charge in [-0.15, -0.1) is 5.10 Å². The maximum Gasteiger partial charge on any atom is 0.417 e. The second kappa shape index (κ2) is 10.1. The van der Waals surface area contributed by atoms with Crippen LogP contribution >= 0.6 is 11.6 Å². The summed E-state index contributed by atoms with van der Waals surface area (Å²) < 4.78 is 118. The van der Waals surface area contributed by atoms with Crippen molar-refractivity contribution >= 4 is 17.6 Å². The molecule has 0 fully saturated rings. The highest BCUT2D eigenvalue weighted by Crippen LogP contribution is 2.37. The number of pyridine rings is 1. The van der Waals surface area contributed by atoms with Gasteiger partial charge in [-0.05, 0) is 29.8 Å². The first-order valence-electron chi connectivity index (χ1n) is 9.01. The van der Waals surface area contributed by atoms with Crippen LogP contribution in [0.3, 0.4) is 0 Å². The van der Waals surface area contributed by atoms with Gasteiger partial charge in [-0.1, -0.05) is 11.6 Å². The molecule has 0 unspecified atom stereocenters. The van der Waals surface area contributed by atoms with E-state index < -0.39 is 53.9 Å². The quantitative estimate of drug-likeness (QED) is 0.132. The molecule has 0 radical (unpaired) electrons. The van der Waals surface area contributed by atoms with Crippen LogP contribution in [0, 0.1) is 0 Å². The first-order chi connectivity index (χ1) is 15.6. The van der Waals surface area contributed by atoms with Gasteiger partial charge in [-0.2, -0.15) is 39.5 Å². The second-order valence-electron chi connectivity index (χ2n) is 6.77. The Morgan fingerprint density at radius 1 is 0.912 bits per heavy atom. The molecule has 0 saturated heterocycles. The summed E-state index contributed by atoms with van der Waals surface area (Å²) in [7, 11) is 1.34. The molecule has 0 spiro atoms. The number of alkyl halides is 9. The molecule has 2 rings (SSSR count). The van der Waals surface area contributed by atoms with Gasteiger partial charge in [0.2, 0.25) is 5.96 Å². The van der Waals surface area contributed by atoms with Gasteiger partial charge in [-0.3, -0.25) is 5.43 Å². The normalized spacial score (nSPS) is 13.2. The van der Waals surface area contributed by atoms with Crippen LogP contribution in [0.5, 0.6) is 0 Å². The fourth-order valence-corrected chi connectivity index (χ4v) is 2.97. The summed E-state index contributed by atoms with van der Waals surface area (Å²) in [6.45, 7) is -1.23. The van der Waals surface area contributed by atoms with Gasteiger partial charge in [0, 0.05) is 31.9 Å². The molecule has 0 bridgehead atoms. The molecule has 1 aromatic carbocycles. The second-order valence-corrected chi connectivity index (χ2v) is 7.13. The summed E-state index contributed by atoms with van der Waals surface area (Å²) in [4.78, 5) is 4.43. The van der Waals surface area contributed by atoms with Crippen LogP contribution < -0.4 is 16.7 Å². The summed E-state index contributed by atoms with van der Waals surface area (Å²) in [6.07, 6.45) is -14.5. The van der Waals surface area contributed by atoms with Crippen molar-refractivity contribution in [3.8, 4) is 0 Å².